The lowest BCUT2D eigenvalue weighted by Gasteiger charge is -2.21. The van der Waals surface area contributed by atoms with Gasteiger partial charge in [0.05, 0.1) is 4.90 Å². The highest BCUT2D eigenvalue weighted by atomic mass is 32.2. The van der Waals surface area contributed by atoms with Gasteiger partial charge in [-0.05, 0) is 43.5 Å². The third-order valence-electron chi connectivity index (χ3n) is 2.97. The van der Waals surface area contributed by atoms with Crippen LogP contribution in [0.2, 0.25) is 0 Å². The molecule has 0 saturated carbocycles. The molecule has 0 aliphatic heterocycles. The second-order valence-corrected chi connectivity index (χ2v) is 6.38. The minimum Gasteiger partial charge on any atom is -0.329 e. The predicted octanol–water partition coefficient (Wildman–Crippen LogP) is 1.66. The Labute approximate surface area is 110 Å². The Kier molecular flexibility index (Phi) is 5.31. The summed E-state index contributed by atoms with van der Waals surface area (Å²) in [7, 11) is -3.41. The van der Waals surface area contributed by atoms with E-state index in [1.165, 1.54) is 4.31 Å². The van der Waals surface area contributed by atoms with Gasteiger partial charge in [-0.1, -0.05) is 13.0 Å². The van der Waals surface area contributed by atoms with Gasteiger partial charge in [-0.2, -0.15) is 4.31 Å². The summed E-state index contributed by atoms with van der Waals surface area (Å²) in [4.78, 5) is 0.354. The van der Waals surface area contributed by atoms with E-state index < -0.39 is 10.0 Å². The van der Waals surface area contributed by atoms with Gasteiger partial charge in [-0.15, -0.1) is 0 Å². The Balaban J connectivity index is 3.13. The molecule has 0 heterocycles. The average Bonchev–Trinajstić information content (AvgIpc) is 2.32. The minimum atomic E-state index is -3.41. The van der Waals surface area contributed by atoms with Gasteiger partial charge in [0.25, 0.3) is 0 Å². The van der Waals surface area contributed by atoms with E-state index in [2.05, 4.69) is 0 Å². The van der Waals surface area contributed by atoms with Crippen LogP contribution in [-0.2, 0) is 10.0 Å². The van der Waals surface area contributed by atoms with Crippen molar-refractivity contribution in [3.05, 3.63) is 29.3 Å². The van der Waals surface area contributed by atoms with Crippen molar-refractivity contribution in [2.45, 2.75) is 32.1 Å². The number of nitrogens with two attached hydrogens (primary N) is 1. The highest BCUT2D eigenvalue weighted by Crippen LogP contribution is 2.19. The quantitative estimate of drug-likeness (QED) is 0.855. The molecule has 0 aliphatic rings. The largest absolute Gasteiger partial charge is 0.329 e. The molecule has 0 unspecified atom stereocenters. The minimum absolute atomic E-state index is 0.337. The smallest absolute Gasteiger partial charge is 0.243 e. The molecule has 0 atom stereocenters. The van der Waals surface area contributed by atoms with Crippen molar-refractivity contribution >= 4 is 10.0 Å². The van der Waals surface area contributed by atoms with Crippen LogP contribution in [0.25, 0.3) is 0 Å². The molecule has 0 saturated heterocycles. The molecule has 0 aliphatic carbocycles. The van der Waals surface area contributed by atoms with E-state index in [9.17, 15) is 8.42 Å². The van der Waals surface area contributed by atoms with Crippen LogP contribution in [0.1, 0.15) is 24.5 Å². The monoisotopic (exact) mass is 270 g/mol. The zero-order chi connectivity index (χ0) is 13.8. The lowest BCUT2D eigenvalue weighted by atomic mass is 10.1. The molecule has 2 N–H and O–H groups in total. The van der Waals surface area contributed by atoms with Gasteiger partial charge in [0, 0.05) is 19.6 Å². The molecule has 1 aromatic carbocycles. The maximum atomic E-state index is 12.4. The fraction of sp³-hybridized carbons (Fsp3) is 0.538. The summed E-state index contributed by atoms with van der Waals surface area (Å²) in [5.74, 6) is 0. The van der Waals surface area contributed by atoms with Crippen molar-refractivity contribution in [2.75, 3.05) is 19.6 Å². The van der Waals surface area contributed by atoms with Crippen LogP contribution in [0.5, 0.6) is 0 Å². The van der Waals surface area contributed by atoms with Crippen LogP contribution in [-0.4, -0.2) is 32.4 Å². The Hall–Kier alpha value is -0.910. The van der Waals surface area contributed by atoms with Crippen molar-refractivity contribution in [1.29, 1.82) is 0 Å². The molecule has 102 valence electrons. The van der Waals surface area contributed by atoms with Crippen molar-refractivity contribution in [3.8, 4) is 0 Å². The second-order valence-electron chi connectivity index (χ2n) is 4.44. The van der Waals surface area contributed by atoms with E-state index in [0.717, 1.165) is 17.5 Å². The number of hydrogen-bond donors (Lipinski definition) is 1. The maximum absolute atomic E-state index is 12.4. The standard InChI is InChI=1S/C13H22N2O2S/c1-4-8-15(9-7-14)18(16,17)13-6-5-11(2)12(3)10-13/h5-6,10H,4,7-9,14H2,1-3H3. The lowest BCUT2D eigenvalue weighted by Crippen LogP contribution is -2.36. The van der Waals surface area contributed by atoms with Gasteiger partial charge in [-0.25, -0.2) is 8.42 Å². The molecule has 18 heavy (non-hydrogen) atoms. The number of nitrogens with zero attached hydrogens (tertiary/aromatic N) is 1. The molecule has 0 amide bonds. The predicted molar refractivity (Wildman–Crippen MR) is 74.0 cm³/mol. The molecule has 1 aromatic rings. The summed E-state index contributed by atoms with van der Waals surface area (Å²) >= 11 is 0. The fourth-order valence-corrected chi connectivity index (χ4v) is 3.40. The van der Waals surface area contributed by atoms with Crippen LogP contribution < -0.4 is 5.73 Å². The number of hydrogen-bond acceptors (Lipinski definition) is 3. The highest BCUT2D eigenvalue weighted by molar-refractivity contribution is 7.89. The Morgan fingerprint density at radius 1 is 1.17 bits per heavy atom. The molecular formula is C13H22N2O2S. The number of benzene rings is 1. The van der Waals surface area contributed by atoms with Gasteiger partial charge < -0.3 is 5.73 Å². The Morgan fingerprint density at radius 3 is 2.33 bits per heavy atom. The van der Waals surface area contributed by atoms with Crippen LogP contribution in [0.4, 0.5) is 0 Å². The van der Waals surface area contributed by atoms with Crippen LogP contribution in [0.15, 0.2) is 23.1 Å². The van der Waals surface area contributed by atoms with Gasteiger partial charge >= 0.3 is 0 Å². The SMILES string of the molecule is CCCN(CCN)S(=O)(=O)c1ccc(C)c(C)c1. The maximum Gasteiger partial charge on any atom is 0.243 e. The summed E-state index contributed by atoms with van der Waals surface area (Å²) in [6.07, 6.45) is 0.782. The Morgan fingerprint density at radius 2 is 1.83 bits per heavy atom. The van der Waals surface area contributed by atoms with E-state index in [1.54, 1.807) is 12.1 Å². The van der Waals surface area contributed by atoms with E-state index >= 15 is 0 Å². The lowest BCUT2D eigenvalue weighted by molar-refractivity contribution is 0.418. The first-order valence-corrected chi connectivity index (χ1v) is 7.65. The summed E-state index contributed by atoms with van der Waals surface area (Å²) in [6.45, 7) is 7.05. The highest BCUT2D eigenvalue weighted by Gasteiger charge is 2.23. The topological polar surface area (TPSA) is 63.4 Å². The van der Waals surface area contributed by atoms with Gasteiger partial charge in [0.15, 0.2) is 0 Å². The van der Waals surface area contributed by atoms with Crippen molar-refractivity contribution in [3.63, 3.8) is 0 Å². The van der Waals surface area contributed by atoms with Crippen molar-refractivity contribution < 1.29 is 8.42 Å². The third kappa shape index (κ3) is 3.31. The number of rotatable bonds is 6. The first-order valence-electron chi connectivity index (χ1n) is 6.21. The molecule has 0 aromatic heterocycles. The van der Waals surface area contributed by atoms with Crippen LogP contribution >= 0.6 is 0 Å². The summed E-state index contributed by atoms with van der Waals surface area (Å²) in [5, 5.41) is 0. The van der Waals surface area contributed by atoms with Crippen LogP contribution in [0.3, 0.4) is 0 Å². The molecule has 0 fully saturated rings. The van der Waals surface area contributed by atoms with E-state index in [-0.39, 0.29) is 0 Å². The molecule has 0 radical (unpaired) electrons. The van der Waals surface area contributed by atoms with Crippen molar-refractivity contribution in [1.82, 2.24) is 4.31 Å². The number of aryl methyl sites for hydroxylation is 2. The first kappa shape index (κ1) is 15.1. The molecule has 0 bridgehead atoms. The zero-order valence-electron chi connectivity index (χ0n) is 11.3. The molecule has 1 rings (SSSR count). The summed E-state index contributed by atoms with van der Waals surface area (Å²) in [5.41, 5.74) is 7.56. The van der Waals surface area contributed by atoms with Gasteiger partial charge in [-0.3, -0.25) is 0 Å². The third-order valence-corrected chi connectivity index (χ3v) is 4.86. The second kappa shape index (κ2) is 6.31. The number of sulfonamides is 1. The molecule has 5 heteroatoms. The first-order chi connectivity index (χ1) is 8.43. The average molecular weight is 270 g/mol. The molecule has 0 spiro atoms. The Bertz CT molecular complexity index is 492. The van der Waals surface area contributed by atoms with Crippen LogP contribution in [0, 0.1) is 13.8 Å². The van der Waals surface area contributed by atoms with Crippen molar-refractivity contribution in [2.24, 2.45) is 5.73 Å². The van der Waals surface area contributed by atoms with Gasteiger partial charge in [0.1, 0.15) is 0 Å². The summed E-state index contributed by atoms with van der Waals surface area (Å²) < 4.78 is 26.3. The zero-order valence-corrected chi connectivity index (χ0v) is 12.1. The summed E-state index contributed by atoms with van der Waals surface area (Å²) in [6, 6.07) is 5.23. The molecule has 4 nitrogen and oxygen atoms in total. The van der Waals surface area contributed by atoms with E-state index in [4.69, 9.17) is 5.73 Å². The van der Waals surface area contributed by atoms with E-state index in [0.29, 0.717) is 24.5 Å². The fourth-order valence-electron chi connectivity index (χ4n) is 1.77. The normalized spacial score (nSPS) is 12.1. The van der Waals surface area contributed by atoms with Gasteiger partial charge in [0.2, 0.25) is 10.0 Å². The molecular weight excluding hydrogens is 248 g/mol. The van der Waals surface area contributed by atoms with E-state index in [1.807, 2.05) is 26.8 Å².